The van der Waals surface area contributed by atoms with E-state index in [2.05, 4.69) is 25.5 Å². The maximum Gasteiger partial charge on any atom is 0.235 e. The summed E-state index contributed by atoms with van der Waals surface area (Å²) in [6.45, 7) is 2.04. The number of rotatable bonds is 4. The maximum absolute atomic E-state index is 8.96. The molecule has 0 radical (unpaired) electrons. The second-order valence-electron chi connectivity index (χ2n) is 3.30. The third-order valence-corrected chi connectivity index (χ3v) is 2.61. The van der Waals surface area contributed by atoms with E-state index in [0.29, 0.717) is 34.9 Å². The monoisotopic (exact) mass is 262 g/mol. The van der Waals surface area contributed by atoms with Gasteiger partial charge in [0.05, 0.1) is 12.7 Å². The lowest BCUT2D eigenvalue weighted by Gasteiger charge is -2.05. The fourth-order valence-electron chi connectivity index (χ4n) is 1.25. The quantitative estimate of drug-likeness (QED) is 0.651. The smallest absolute Gasteiger partial charge is 0.235 e. The van der Waals surface area contributed by atoms with Crippen LogP contribution in [0.3, 0.4) is 0 Å². The molecule has 0 unspecified atom stereocenters. The Kier molecular flexibility index (Phi) is 3.74. The Hall–Kier alpha value is -2.14. The van der Waals surface area contributed by atoms with Gasteiger partial charge >= 0.3 is 0 Å². The van der Waals surface area contributed by atoms with E-state index >= 15 is 0 Å². The number of hydrogen-bond acceptors (Lipinski definition) is 8. The predicted molar refractivity (Wildman–Crippen MR) is 64.9 cm³/mol. The summed E-state index contributed by atoms with van der Waals surface area (Å²) < 4.78 is 5.22. The van der Waals surface area contributed by atoms with E-state index in [1.807, 2.05) is 12.3 Å². The molecule has 0 amide bonds. The van der Waals surface area contributed by atoms with Gasteiger partial charge in [-0.2, -0.15) is 5.26 Å². The fraction of sp³-hybridized carbons (Fsp3) is 0.300. The van der Waals surface area contributed by atoms with Crippen LogP contribution in [0.2, 0.25) is 0 Å². The van der Waals surface area contributed by atoms with Gasteiger partial charge in [-0.3, -0.25) is 0 Å². The first-order valence-electron chi connectivity index (χ1n) is 5.07. The van der Waals surface area contributed by atoms with Gasteiger partial charge < -0.3 is 9.73 Å². The average Bonchev–Trinajstić information content (AvgIpc) is 2.81. The van der Waals surface area contributed by atoms with E-state index in [-0.39, 0.29) is 0 Å². The Labute approximate surface area is 108 Å². The molecule has 7 nitrogen and oxygen atoms in total. The van der Waals surface area contributed by atoms with Gasteiger partial charge in [-0.05, 0) is 6.26 Å². The number of nitrogens with one attached hydrogen (secondary N) is 1. The first-order chi connectivity index (χ1) is 8.72. The lowest BCUT2D eigenvalue weighted by atomic mass is 10.3. The van der Waals surface area contributed by atoms with Crippen molar-refractivity contribution in [1.29, 1.82) is 5.26 Å². The average molecular weight is 262 g/mol. The minimum Gasteiger partial charge on any atom is -0.424 e. The van der Waals surface area contributed by atoms with Crippen LogP contribution in [0.4, 0.5) is 5.82 Å². The standard InChI is InChI=1S/C10H10N6OS/c1-6-15-16-8(17-6)5-12-9-7(3-11)4-13-10(14-9)18-2/h4H,5H2,1-2H3,(H,12,13,14). The van der Waals surface area contributed by atoms with Gasteiger partial charge in [0, 0.05) is 6.92 Å². The molecule has 0 aliphatic rings. The van der Waals surface area contributed by atoms with Crippen LogP contribution in [-0.4, -0.2) is 26.4 Å². The maximum atomic E-state index is 8.96. The Bertz CT molecular complexity index is 590. The summed E-state index contributed by atoms with van der Waals surface area (Å²) in [5.41, 5.74) is 0.379. The Morgan fingerprint density at radius 3 is 2.94 bits per heavy atom. The van der Waals surface area contributed by atoms with Crippen molar-refractivity contribution in [2.75, 3.05) is 11.6 Å². The molecule has 1 N–H and O–H groups in total. The molecule has 0 aliphatic carbocycles. The molecule has 0 saturated carbocycles. The second kappa shape index (κ2) is 5.46. The molecule has 0 fully saturated rings. The Morgan fingerprint density at radius 2 is 2.33 bits per heavy atom. The van der Waals surface area contributed by atoms with Gasteiger partial charge in [0.15, 0.2) is 5.16 Å². The molecule has 0 aromatic carbocycles. The van der Waals surface area contributed by atoms with Gasteiger partial charge in [-0.15, -0.1) is 10.2 Å². The molecule has 2 rings (SSSR count). The third-order valence-electron chi connectivity index (χ3n) is 2.04. The summed E-state index contributed by atoms with van der Waals surface area (Å²) in [6.07, 6.45) is 3.35. The van der Waals surface area contributed by atoms with E-state index in [1.54, 1.807) is 6.92 Å². The number of nitriles is 1. The van der Waals surface area contributed by atoms with E-state index < -0.39 is 0 Å². The molecule has 0 atom stereocenters. The van der Waals surface area contributed by atoms with Gasteiger partial charge in [0.2, 0.25) is 11.8 Å². The molecular formula is C10H10N6OS. The van der Waals surface area contributed by atoms with Crippen LogP contribution in [0.5, 0.6) is 0 Å². The molecule has 2 aromatic rings. The van der Waals surface area contributed by atoms with Crippen LogP contribution < -0.4 is 5.32 Å². The number of thioether (sulfide) groups is 1. The molecule has 18 heavy (non-hydrogen) atoms. The SMILES string of the molecule is CSc1ncc(C#N)c(NCc2nnc(C)o2)n1. The van der Waals surface area contributed by atoms with Crippen molar-refractivity contribution < 1.29 is 4.42 Å². The summed E-state index contributed by atoms with van der Waals surface area (Å²) in [7, 11) is 0. The van der Waals surface area contributed by atoms with Gasteiger partial charge in [0.1, 0.15) is 17.5 Å². The fourth-order valence-corrected chi connectivity index (χ4v) is 1.59. The summed E-state index contributed by atoms with van der Waals surface area (Å²) in [5.74, 6) is 1.41. The van der Waals surface area contributed by atoms with Crippen molar-refractivity contribution >= 4 is 17.6 Å². The highest BCUT2D eigenvalue weighted by Gasteiger charge is 2.08. The minimum atomic E-state index is 0.320. The number of aromatic nitrogens is 4. The van der Waals surface area contributed by atoms with Crippen molar-refractivity contribution in [3.8, 4) is 6.07 Å². The highest BCUT2D eigenvalue weighted by atomic mass is 32.2. The highest BCUT2D eigenvalue weighted by Crippen LogP contribution is 2.16. The molecule has 2 aromatic heterocycles. The lowest BCUT2D eigenvalue weighted by molar-refractivity contribution is 0.474. The van der Waals surface area contributed by atoms with Gasteiger partial charge in [-0.1, -0.05) is 11.8 Å². The number of aryl methyl sites for hydroxylation is 1. The molecule has 2 heterocycles. The zero-order chi connectivity index (χ0) is 13.0. The lowest BCUT2D eigenvalue weighted by Crippen LogP contribution is -2.05. The molecular weight excluding hydrogens is 252 g/mol. The molecule has 0 spiro atoms. The van der Waals surface area contributed by atoms with E-state index in [9.17, 15) is 0 Å². The number of anilines is 1. The molecule has 92 valence electrons. The van der Waals surface area contributed by atoms with Crippen LogP contribution >= 0.6 is 11.8 Å². The van der Waals surface area contributed by atoms with Crippen molar-refractivity contribution in [2.45, 2.75) is 18.6 Å². The van der Waals surface area contributed by atoms with E-state index in [4.69, 9.17) is 9.68 Å². The van der Waals surface area contributed by atoms with Crippen LogP contribution in [0, 0.1) is 18.3 Å². The first kappa shape index (κ1) is 12.3. The van der Waals surface area contributed by atoms with Gasteiger partial charge in [0.25, 0.3) is 0 Å². The largest absolute Gasteiger partial charge is 0.424 e. The Balaban J connectivity index is 2.15. The topological polar surface area (TPSA) is 101 Å². The zero-order valence-corrected chi connectivity index (χ0v) is 10.7. The van der Waals surface area contributed by atoms with E-state index in [1.165, 1.54) is 18.0 Å². The zero-order valence-electron chi connectivity index (χ0n) is 9.84. The minimum absolute atomic E-state index is 0.320. The molecule has 0 bridgehead atoms. The first-order valence-corrected chi connectivity index (χ1v) is 6.29. The van der Waals surface area contributed by atoms with Crippen LogP contribution in [0.25, 0.3) is 0 Å². The normalized spacial score (nSPS) is 10.1. The van der Waals surface area contributed by atoms with Crippen molar-refractivity contribution in [3.05, 3.63) is 23.5 Å². The third kappa shape index (κ3) is 2.75. The summed E-state index contributed by atoms with van der Waals surface area (Å²) in [6, 6.07) is 2.02. The highest BCUT2D eigenvalue weighted by molar-refractivity contribution is 7.98. The molecule has 0 aliphatic heterocycles. The van der Waals surface area contributed by atoms with E-state index in [0.717, 1.165) is 0 Å². The van der Waals surface area contributed by atoms with Crippen LogP contribution in [0.1, 0.15) is 17.3 Å². The summed E-state index contributed by atoms with van der Waals surface area (Å²) >= 11 is 1.40. The molecule has 0 saturated heterocycles. The molecule has 8 heteroatoms. The summed E-state index contributed by atoms with van der Waals surface area (Å²) in [5, 5.41) is 20.1. The number of hydrogen-bond donors (Lipinski definition) is 1. The summed E-state index contributed by atoms with van der Waals surface area (Å²) in [4.78, 5) is 8.24. The Morgan fingerprint density at radius 1 is 1.50 bits per heavy atom. The van der Waals surface area contributed by atoms with Crippen molar-refractivity contribution in [2.24, 2.45) is 0 Å². The number of nitrogens with zero attached hydrogens (tertiary/aromatic N) is 5. The van der Waals surface area contributed by atoms with Crippen LogP contribution in [-0.2, 0) is 6.54 Å². The van der Waals surface area contributed by atoms with Gasteiger partial charge in [-0.25, -0.2) is 9.97 Å². The van der Waals surface area contributed by atoms with Crippen LogP contribution in [0.15, 0.2) is 15.8 Å². The van der Waals surface area contributed by atoms with Crippen molar-refractivity contribution in [1.82, 2.24) is 20.2 Å². The predicted octanol–water partition coefficient (Wildman–Crippen LogP) is 1.37. The van der Waals surface area contributed by atoms with Crippen molar-refractivity contribution in [3.63, 3.8) is 0 Å². The second-order valence-corrected chi connectivity index (χ2v) is 4.07.